The average molecular weight is 243 g/mol. The molecule has 1 heterocycles. The largest absolute Gasteiger partial charge is 0.377 e. The molecule has 94 valence electrons. The van der Waals surface area contributed by atoms with Crippen LogP contribution in [0.5, 0.6) is 0 Å². The molecule has 1 N–H and O–H groups in total. The minimum absolute atomic E-state index is 0.173. The van der Waals surface area contributed by atoms with Crippen LogP contribution in [0.4, 0.5) is 0 Å². The molecule has 2 fully saturated rings. The van der Waals surface area contributed by atoms with Gasteiger partial charge >= 0.3 is 0 Å². The van der Waals surface area contributed by atoms with Gasteiger partial charge in [-0.1, -0.05) is 13.8 Å². The van der Waals surface area contributed by atoms with Crippen molar-refractivity contribution in [2.45, 2.75) is 51.2 Å². The number of hydrogen-bond acceptors (Lipinski definition) is 3. The molecule has 0 bridgehead atoms. The number of thioether (sulfide) groups is 1. The molecule has 2 nitrogen and oxygen atoms in total. The van der Waals surface area contributed by atoms with Gasteiger partial charge < -0.3 is 10.1 Å². The van der Waals surface area contributed by atoms with Crippen molar-refractivity contribution in [3.63, 3.8) is 0 Å². The molecule has 0 aromatic carbocycles. The summed E-state index contributed by atoms with van der Waals surface area (Å²) in [6.07, 6.45) is 5.11. The van der Waals surface area contributed by atoms with Gasteiger partial charge in [0.1, 0.15) is 0 Å². The van der Waals surface area contributed by atoms with E-state index in [2.05, 4.69) is 30.9 Å². The fraction of sp³-hybridized carbons (Fsp3) is 1.00. The number of rotatable bonds is 4. The Kier molecular flexibility index (Phi) is 3.87. The van der Waals surface area contributed by atoms with Gasteiger partial charge in [-0.3, -0.25) is 0 Å². The smallest absolute Gasteiger partial charge is 0.0802 e. The van der Waals surface area contributed by atoms with Gasteiger partial charge in [0.2, 0.25) is 0 Å². The van der Waals surface area contributed by atoms with Gasteiger partial charge in [-0.2, -0.15) is 11.8 Å². The lowest BCUT2D eigenvalue weighted by atomic mass is 9.79. The number of methoxy groups -OCH3 is 1. The van der Waals surface area contributed by atoms with Crippen LogP contribution >= 0.6 is 11.8 Å². The summed E-state index contributed by atoms with van der Waals surface area (Å²) in [5.41, 5.74) is 0.673. The van der Waals surface area contributed by atoms with Crippen molar-refractivity contribution < 1.29 is 4.74 Å². The van der Waals surface area contributed by atoms with E-state index in [0.29, 0.717) is 11.5 Å². The second kappa shape index (κ2) is 4.87. The highest BCUT2D eigenvalue weighted by Gasteiger charge is 2.38. The third kappa shape index (κ3) is 2.93. The second-order valence-electron chi connectivity index (χ2n) is 6.20. The second-order valence-corrected chi connectivity index (χ2v) is 7.23. The van der Waals surface area contributed by atoms with Crippen molar-refractivity contribution in [1.29, 1.82) is 0 Å². The van der Waals surface area contributed by atoms with E-state index >= 15 is 0 Å². The molecule has 16 heavy (non-hydrogen) atoms. The predicted octanol–water partition coefficient (Wildman–Crippen LogP) is 2.68. The normalized spacial score (nSPS) is 32.1. The Morgan fingerprint density at radius 1 is 1.38 bits per heavy atom. The van der Waals surface area contributed by atoms with E-state index in [1.165, 1.54) is 37.2 Å². The summed E-state index contributed by atoms with van der Waals surface area (Å²) < 4.78 is 5.65. The molecule has 2 aliphatic rings. The van der Waals surface area contributed by atoms with Crippen LogP contribution in [0.3, 0.4) is 0 Å². The summed E-state index contributed by atoms with van der Waals surface area (Å²) in [5, 5.41) is 3.73. The highest BCUT2D eigenvalue weighted by Crippen LogP contribution is 2.36. The molecule has 0 amide bonds. The van der Waals surface area contributed by atoms with Crippen LogP contribution < -0.4 is 5.32 Å². The third-order valence-corrected chi connectivity index (χ3v) is 5.65. The van der Waals surface area contributed by atoms with Crippen LogP contribution in [0.15, 0.2) is 0 Å². The maximum atomic E-state index is 5.65. The van der Waals surface area contributed by atoms with Crippen molar-refractivity contribution in [1.82, 2.24) is 5.32 Å². The average Bonchev–Trinajstić information content (AvgIpc) is 2.15. The maximum absolute atomic E-state index is 5.65. The van der Waals surface area contributed by atoms with Gasteiger partial charge in [0.05, 0.1) is 5.60 Å². The molecule has 1 atom stereocenters. The van der Waals surface area contributed by atoms with E-state index in [1.807, 2.05) is 7.11 Å². The van der Waals surface area contributed by atoms with Crippen molar-refractivity contribution in [2.24, 2.45) is 5.41 Å². The predicted molar refractivity (Wildman–Crippen MR) is 71.1 cm³/mol. The van der Waals surface area contributed by atoms with Crippen LogP contribution in [-0.4, -0.2) is 36.8 Å². The van der Waals surface area contributed by atoms with E-state index < -0.39 is 0 Å². The van der Waals surface area contributed by atoms with Gasteiger partial charge in [-0.15, -0.1) is 0 Å². The van der Waals surface area contributed by atoms with Gasteiger partial charge in [0, 0.05) is 25.4 Å². The van der Waals surface area contributed by atoms with Gasteiger partial charge in [0.25, 0.3) is 0 Å². The Labute approximate surface area is 104 Å². The first-order valence-electron chi connectivity index (χ1n) is 6.42. The van der Waals surface area contributed by atoms with Gasteiger partial charge in [0.15, 0.2) is 0 Å². The zero-order chi connectivity index (χ0) is 11.6. The first-order valence-corrected chi connectivity index (χ1v) is 7.57. The lowest BCUT2D eigenvalue weighted by molar-refractivity contribution is -0.0710. The Morgan fingerprint density at radius 3 is 2.62 bits per heavy atom. The van der Waals surface area contributed by atoms with Crippen molar-refractivity contribution in [3.8, 4) is 0 Å². The molecule has 0 aromatic rings. The molecule has 0 aromatic heterocycles. The Balaban J connectivity index is 1.77. The van der Waals surface area contributed by atoms with E-state index in [9.17, 15) is 0 Å². The molecule has 0 spiro atoms. The molecule has 1 aliphatic carbocycles. The number of hydrogen-bond donors (Lipinski definition) is 1. The van der Waals surface area contributed by atoms with Crippen LogP contribution in [0.2, 0.25) is 0 Å². The lowest BCUT2D eigenvalue weighted by Gasteiger charge is -2.43. The fourth-order valence-corrected chi connectivity index (χ4v) is 4.06. The molecule has 1 saturated heterocycles. The molecule has 3 heteroatoms. The third-order valence-electron chi connectivity index (χ3n) is 4.02. The minimum atomic E-state index is 0.173. The standard InChI is InChI=1S/C13H25NOS/c1-12(2)7-11(8-16-10-12)14-9-13(15-3)5-4-6-13/h11,14H,4-10H2,1-3H3. The maximum Gasteiger partial charge on any atom is 0.0802 e. The topological polar surface area (TPSA) is 21.3 Å². The van der Waals surface area contributed by atoms with E-state index in [0.717, 1.165) is 6.54 Å². The molecular formula is C13H25NOS. The minimum Gasteiger partial charge on any atom is -0.377 e. The Hall–Kier alpha value is 0.270. The Morgan fingerprint density at radius 2 is 2.12 bits per heavy atom. The monoisotopic (exact) mass is 243 g/mol. The number of nitrogens with one attached hydrogen (secondary N) is 1. The zero-order valence-electron chi connectivity index (χ0n) is 10.8. The van der Waals surface area contributed by atoms with Crippen LogP contribution in [-0.2, 0) is 4.74 Å². The van der Waals surface area contributed by atoms with E-state index in [-0.39, 0.29) is 5.60 Å². The lowest BCUT2D eigenvalue weighted by Crippen LogP contribution is -2.52. The van der Waals surface area contributed by atoms with Gasteiger partial charge in [-0.25, -0.2) is 0 Å². The summed E-state index contributed by atoms with van der Waals surface area (Å²) >= 11 is 2.09. The number of ether oxygens (including phenoxy) is 1. The SMILES string of the molecule is COC1(CNC2CSCC(C)(C)C2)CCC1. The van der Waals surface area contributed by atoms with Crippen LogP contribution in [0.1, 0.15) is 39.5 Å². The van der Waals surface area contributed by atoms with Gasteiger partial charge in [-0.05, 0) is 36.9 Å². The summed E-state index contributed by atoms with van der Waals surface area (Å²) in [7, 11) is 1.86. The fourth-order valence-electron chi connectivity index (χ4n) is 2.75. The summed E-state index contributed by atoms with van der Waals surface area (Å²) in [6.45, 7) is 5.80. The molecule has 2 rings (SSSR count). The van der Waals surface area contributed by atoms with Crippen molar-refractivity contribution in [2.75, 3.05) is 25.2 Å². The van der Waals surface area contributed by atoms with Crippen molar-refractivity contribution >= 4 is 11.8 Å². The van der Waals surface area contributed by atoms with Crippen molar-refractivity contribution in [3.05, 3.63) is 0 Å². The van der Waals surface area contributed by atoms with E-state index in [4.69, 9.17) is 4.74 Å². The molecule has 1 saturated carbocycles. The molecule has 1 unspecified atom stereocenters. The quantitative estimate of drug-likeness (QED) is 0.820. The highest BCUT2D eigenvalue weighted by atomic mass is 32.2. The highest BCUT2D eigenvalue weighted by molar-refractivity contribution is 7.99. The molecule has 0 radical (unpaired) electrons. The summed E-state index contributed by atoms with van der Waals surface area (Å²) in [5.74, 6) is 2.57. The molecular weight excluding hydrogens is 218 g/mol. The Bertz CT molecular complexity index is 233. The summed E-state index contributed by atoms with van der Waals surface area (Å²) in [6, 6.07) is 0.682. The summed E-state index contributed by atoms with van der Waals surface area (Å²) in [4.78, 5) is 0. The zero-order valence-corrected chi connectivity index (χ0v) is 11.7. The van der Waals surface area contributed by atoms with E-state index in [1.54, 1.807) is 0 Å². The molecule has 1 aliphatic heterocycles. The van der Waals surface area contributed by atoms with Crippen LogP contribution in [0.25, 0.3) is 0 Å². The van der Waals surface area contributed by atoms with Crippen LogP contribution in [0, 0.1) is 5.41 Å². The first-order chi connectivity index (χ1) is 7.55. The first kappa shape index (κ1) is 12.7.